The second-order valence-electron chi connectivity index (χ2n) is 8.43. The molecule has 0 unspecified atom stereocenters. The minimum Gasteiger partial charge on any atom is -0.493 e. The number of allylic oxidation sites excluding steroid dienone is 1. The van der Waals surface area contributed by atoms with E-state index in [0.29, 0.717) is 34.8 Å². The predicted molar refractivity (Wildman–Crippen MR) is 133 cm³/mol. The first-order valence-electron chi connectivity index (χ1n) is 11.6. The molecule has 0 saturated carbocycles. The van der Waals surface area contributed by atoms with E-state index in [1.165, 1.54) is 18.6 Å². The number of nitriles is 1. The number of carbonyl (C=O) groups is 1. The molecule has 1 heterocycles. The van der Waals surface area contributed by atoms with Gasteiger partial charge in [0.15, 0.2) is 11.5 Å². The normalized spacial score (nSPS) is 13.7. The Hall–Kier alpha value is -4.11. The number of hydrogen-bond acceptors (Lipinski definition) is 4. The number of amides is 1. The molecule has 0 atom stereocenters. The summed E-state index contributed by atoms with van der Waals surface area (Å²) < 4.78 is 24.7. The largest absolute Gasteiger partial charge is 0.493 e. The molecule has 35 heavy (non-hydrogen) atoms. The third-order valence-corrected chi connectivity index (χ3v) is 6.01. The second kappa shape index (κ2) is 11.3. The van der Waals surface area contributed by atoms with Crippen LogP contribution in [0.15, 0.2) is 66.7 Å². The number of benzene rings is 3. The Morgan fingerprint density at radius 2 is 1.66 bits per heavy atom. The second-order valence-corrected chi connectivity index (χ2v) is 8.43. The molecule has 4 rings (SSSR count). The van der Waals surface area contributed by atoms with Crippen LogP contribution in [-0.4, -0.2) is 31.0 Å². The van der Waals surface area contributed by atoms with Gasteiger partial charge in [-0.1, -0.05) is 30.3 Å². The van der Waals surface area contributed by atoms with Gasteiger partial charge in [-0.2, -0.15) is 5.26 Å². The van der Waals surface area contributed by atoms with E-state index in [4.69, 9.17) is 9.47 Å². The summed E-state index contributed by atoms with van der Waals surface area (Å²) in [6.07, 6.45) is 5.04. The van der Waals surface area contributed by atoms with Crippen LogP contribution in [0, 0.1) is 17.1 Å². The third-order valence-electron chi connectivity index (χ3n) is 6.01. The molecule has 0 radical (unpaired) electrons. The van der Waals surface area contributed by atoms with Crippen molar-refractivity contribution in [2.24, 2.45) is 0 Å². The Kier molecular flexibility index (Phi) is 7.79. The monoisotopic (exact) mass is 470 g/mol. The van der Waals surface area contributed by atoms with Crippen LogP contribution in [0.5, 0.6) is 11.5 Å². The van der Waals surface area contributed by atoms with Crippen molar-refractivity contribution in [1.29, 1.82) is 5.26 Å². The van der Waals surface area contributed by atoms with Gasteiger partial charge in [-0.3, -0.25) is 4.79 Å². The van der Waals surface area contributed by atoms with Crippen LogP contribution in [0.3, 0.4) is 0 Å². The molecule has 0 bridgehead atoms. The summed E-state index contributed by atoms with van der Waals surface area (Å²) in [5.41, 5.74) is 3.44. The maximum absolute atomic E-state index is 13.2. The van der Waals surface area contributed by atoms with Crippen molar-refractivity contribution in [3.8, 4) is 17.6 Å². The summed E-state index contributed by atoms with van der Waals surface area (Å²) >= 11 is 0. The number of likely N-dealkylation sites (tertiary alicyclic amines) is 1. The first-order valence-corrected chi connectivity index (χ1v) is 11.6. The van der Waals surface area contributed by atoms with Crippen molar-refractivity contribution < 1.29 is 18.7 Å². The molecule has 0 N–H and O–H groups in total. The molecule has 1 aliphatic heterocycles. The van der Waals surface area contributed by atoms with Crippen molar-refractivity contribution in [3.05, 3.63) is 94.8 Å². The number of halogens is 1. The number of piperidine rings is 1. The number of nitrogens with zero attached hydrogens (tertiary/aromatic N) is 2. The van der Waals surface area contributed by atoms with Gasteiger partial charge in [0, 0.05) is 18.7 Å². The van der Waals surface area contributed by atoms with Gasteiger partial charge in [-0.15, -0.1) is 0 Å². The fourth-order valence-corrected chi connectivity index (χ4v) is 4.05. The topological polar surface area (TPSA) is 62.6 Å². The molecule has 0 aliphatic carbocycles. The first kappa shape index (κ1) is 24.0. The van der Waals surface area contributed by atoms with Gasteiger partial charge in [-0.25, -0.2) is 4.39 Å². The van der Waals surface area contributed by atoms with Crippen LogP contribution in [0.25, 0.3) is 11.6 Å². The zero-order valence-corrected chi connectivity index (χ0v) is 19.7. The molecule has 0 spiro atoms. The molecule has 3 aromatic rings. The predicted octanol–water partition coefficient (Wildman–Crippen LogP) is 6.10. The number of hydrogen-bond donors (Lipinski definition) is 0. The maximum Gasteiger partial charge on any atom is 0.253 e. The maximum atomic E-state index is 13.2. The SMILES string of the molecule is COc1cc(C=C(C#N)c2ccc(F)cc2)ccc1OCc1ccc(C(=O)N2CCCCC2)cc1. The van der Waals surface area contributed by atoms with E-state index >= 15 is 0 Å². The Balaban J connectivity index is 1.43. The molecule has 1 amide bonds. The lowest BCUT2D eigenvalue weighted by atomic mass is 10.0. The van der Waals surface area contributed by atoms with Gasteiger partial charge in [0.25, 0.3) is 5.91 Å². The van der Waals surface area contributed by atoms with Gasteiger partial charge in [0.1, 0.15) is 12.4 Å². The molecule has 1 saturated heterocycles. The summed E-state index contributed by atoms with van der Waals surface area (Å²) in [6, 6.07) is 20.9. The lowest BCUT2D eigenvalue weighted by Gasteiger charge is -2.26. The lowest BCUT2D eigenvalue weighted by Crippen LogP contribution is -2.35. The van der Waals surface area contributed by atoms with E-state index in [2.05, 4.69) is 6.07 Å². The summed E-state index contributed by atoms with van der Waals surface area (Å²) in [5, 5.41) is 9.54. The minimum absolute atomic E-state index is 0.0832. The summed E-state index contributed by atoms with van der Waals surface area (Å²) in [7, 11) is 1.56. The van der Waals surface area contributed by atoms with Crippen LogP contribution >= 0.6 is 0 Å². The molecular weight excluding hydrogens is 443 g/mol. The van der Waals surface area contributed by atoms with Crippen molar-refractivity contribution >= 4 is 17.6 Å². The highest BCUT2D eigenvalue weighted by Gasteiger charge is 2.18. The van der Waals surface area contributed by atoms with Crippen LogP contribution in [0.1, 0.15) is 46.3 Å². The van der Waals surface area contributed by atoms with E-state index in [1.807, 2.05) is 35.2 Å². The van der Waals surface area contributed by atoms with Gasteiger partial charge in [0.2, 0.25) is 0 Å². The molecule has 1 fully saturated rings. The average Bonchev–Trinajstić information content (AvgIpc) is 2.91. The molecule has 1 aliphatic rings. The average molecular weight is 471 g/mol. The van der Waals surface area contributed by atoms with E-state index in [-0.39, 0.29) is 11.7 Å². The minimum atomic E-state index is -0.350. The van der Waals surface area contributed by atoms with Gasteiger partial charge in [-0.05, 0) is 78.4 Å². The van der Waals surface area contributed by atoms with Crippen LogP contribution in [-0.2, 0) is 6.61 Å². The highest BCUT2D eigenvalue weighted by Crippen LogP contribution is 2.30. The Morgan fingerprint density at radius 1 is 0.971 bits per heavy atom. The molecular formula is C29H27FN2O3. The van der Waals surface area contributed by atoms with Crippen LogP contribution in [0.2, 0.25) is 0 Å². The number of carbonyl (C=O) groups excluding carboxylic acids is 1. The lowest BCUT2D eigenvalue weighted by molar-refractivity contribution is 0.0724. The third kappa shape index (κ3) is 6.07. The van der Waals surface area contributed by atoms with Crippen molar-refractivity contribution in [2.75, 3.05) is 20.2 Å². The molecule has 0 aromatic heterocycles. The van der Waals surface area contributed by atoms with Gasteiger partial charge < -0.3 is 14.4 Å². The van der Waals surface area contributed by atoms with Crippen molar-refractivity contribution in [1.82, 2.24) is 4.90 Å². The molecule has 5 nitrogen and oxygen atoms in total. The van der Waals surface area contributed by atoms with Gasteiger partial charge >= 0.3 is 0 Å². The van der Waals surface area contributed by atoms with E-state index in [9.17, 15) is 14.4 Å². The van der Waals surface area contributed by atoms with E-state index in [1.54, 1.807) is 37.5 Å². The Morgan fingerprint density at radius 3 is 2.31 bits per heavy atom. The van der Waals surface area contributed by atoms with Gasteiger partial charge in [0.05, 0.1) is 18.8 Å². The van der Waals surface area contributed by atoms with E-state index < -0.39 is 0 Å². The fraction of sp³-hybridized carbons (Fsp3) is 0.241. The van der Waals surface area contributed by atoms with Crippen molar-refractivity contribution in [3.63, 3.8) is 0 Å². The zero-order valence-electron chi connectivity index (χ0n) is 19.7. The summed E-state index contributed by atoms with van der Waals surface area (Å²) in [5.74, 6) is 0.836. The smallest absolute Gasteiger partial charge is 0.253 e. The highest BCUT2D eigenvalue weighted by atomic mass is 19.1. The fourth-order valence-electron chi connectivity index (χ4n) is 4.05. The number of rotatable bonds is 7. The highest BCUT2D eigenvalue weighted by molar-refractivity contribution is 5.94. The van der Waals surface area contributed by atoms with Crippen molar-refractivity contribution in [2.45, 2.75) is 25.9 Å². The standard InChI is InChI=1S/C29H27FN2O3/c1-34-28-18-22(17-25(19-31)23-10-12-26(30)13-11-23)7-14-27(28)35-20-21-5-8-24(9-6-21)29(33)32-15-3-2-4-16-32/h5-14,17-18H,2-4,15-16,20H2,1H3. The first-order chi connectivity index (χ1) is 17.1. The quantitative estimate of drug-likeness (QED) is 0.309. The number of methoxy groups -OCH3 is 1. The Labute approximate surface area is 205 Å². The zero-order chi connectivity index (χ0) is 24.6. The number of ether oxygens (including phenoxy) is 2. The molecule has 178 valence electrons. The van der Waals surface area contributed by atoms with Crippen LogP contribution in [0.4, 0.5) is 4.39 Å². The molecule has 6 heteroatoms. The van der Waals surface area contributed by atoms with E-state index in [0.717, 1.165) is 37.1 Å². The summed E-state index contributed by atoms with van der Waals surface area (Å²) in [4.78, 5) is 14.6. The Bertz CT molecular complexity index is 1240. The summed E-state index contributed by atoms with van der Waals surface area (Å²) in [6.45, 7) is 1.98. The van der Waals surface area contributed by atoms with Crippen LogP contribution < -0.4 is 9.47 Å². The molecule has 3 aromatic carbocycles.